The van der Waals surface area contributed by atoms with Crippen LogP contribution < -0.4 is 10.2 Å². The summed E-state index contributed by atoms with van der Waals surface area (Å²) in [5, 5.41) is 21.9. The third-order valence-corrected chi connectivity index (χ3v) is 8.71. The summed E-state index contributed by atoms with van der Waals surface area (Å²) in [7, 11) is 0. The highest BCUT2D eigenvalue weighted by molar-refractivity contribution is 5.84. The van der Waals surface area contributed by atoms with E-state index in [2.05, 4.69) is 47.3 Å². The summed E-state index contributed by atoms with van der Waals surface area (Å²) in [6, 6.07) is 6.85. The van der Waals surface area contributed by atoms with Crippen molar-refractivity contribution >= 4 is 17.2 Å². The number of aromatic nitrogens is 6. The third kappa shape index (κ3) is 4.59. The largest absolute Gasteiger partial charge is 0.357 e. The average molecular weight is 538 g/mol. The molecule has 1 aliphatic heterocycles. The molecule has 0 bridgehead atoms. The van der Waals surface area contributed by atoms with E-state index in [9.17, 15) is 10.1 Å². The maximum atomic E-state index is 13.1. The Morgan fingerprint density at radius 2 is 1.93 bits per heavy atom. The van der Waals surface area contributed by atoms with Crippen LogP contribution in [0.1, 0.15) is 70.9 Å². The molecule has 40 heavy (non-hydrogen) atoms. The molecule has 2 aliphatic rings. The number of hydrogen-bond donors (Lipinski definition) is 1. The van der Waals surface area contributed by atoms with E-state index < -0.39 is 0 Å². The van der Waals surface area contributed by atoms with Gasteiger partial charge in [0.25, 0.3) is 0 Å². The maximum absolute atomic E-state index is 13.1. The van der Waals surface area contributed by atoms with E-state index in [-0.39, 0.29) is 17.4 Å². The van der Waals surface area contributed by atoms with Gasteiger partial charge in [0.2, 0.25) is 5.91 Å². The van der Waals surface area contributed by atoms with Crippen molar-refractivity contribution in [2.75, 3.05) is 18.0 Å². The zero-order chi connectivity index (χ0) is 27.9. The van der Waals surface area contributed by atoms with Crippen LogP contribution in [-0.4, -0.2) is 54.4 Å². The van der Waals surface area contributed by atoms with Gasteiger partial charge in [-0.3, -0.25) is 9.48 Å². The second-order valence-electron chi connectivity index (χ2n) is 11.4. The van der Waals surface area contributed by atoms with Crippen LogP contribution >= 0.6 is 0 Å². The number of nitrogens with one attached hydrogen (secondary N) is 1. The van der Waals surface area contributed by atoms with Gasteiger partial charge >= 0.3 is 0 Å². The van der Waals surface area contributed by atoms with Crippen molar-refractivity contribution in [2.24, 2.45) is 5.41 Å². The average Bonchev–Trinajstić information content (AvgIpc) is 3.62. The lowest BCUT2D eigenvalue weighted by Crippen LogP contribution is -2.52. The quantitative estimate of drug-likeness (QED) is 0.361. The van der Waals surface area contributed by atoms with Crippen molar-refractivity contribution < 1.29 is 4.79 Å². The molecule has 206 valence electrons. The zero-order valence-corrected chi connectivity index (χ0v) is 23.3. The lowest BCUT2D eigenvalue weighted by Gasteiger charge is -2.42. The Hall–Kier alpha value is -4.26. The number of rotatable bonds is 7. The van der Waals surface area contributed by atoms with E-state index in [0.29, 0.717) is 22.8 Å². The molecule has 1 amide bonds. The molecule has 0 unspecified atom stereocenters. The molecule has 0 spiro atoms. The molecule has 6 rings (SSSR count). The molecule has 2 fully saturated rings. The molecule has 5 heterocycles. The predicted molar refractivity (Wildman–Crippen MR) is 152 cm³/mol. The van der Waals surface area contributed by atoms with Crippen molar-refractivity contribution in [3.05, 3.63) is 48.7 Å². The van der Waals surface area contributed by atoms with Crippen LogP contribution in [0.2, 0.25) is 0 Å². The van der Waals surface area contributed by atoms with Crippen molar-refractivity contribution in [2.45, 2.75) is 71.4 Å². The van der Waals surface area contributed by atoms with Gasteiger partial charge in [0.05, 0.1) is 35.4 Å². The molecule has 1 saturated heterocycles. The van der Waals surface area contributed by atoms with Crippen molar-refractivity contribution in [1.82, 2.24) is 34.7 Å². The number of piperidine rings is 1. The van der Waals surface area contributed by atoms with Crippen LogP contribution in [0.15, 0.2) is 43.1 Å². The fourth-order valence-corrected chi connectivity index (χ4v) is 5.70. The molecule has 10 nitrogen and oxygen atoms in total. The number of pyridine rings is 1. The number of carbonyl (C=O) groups excluding carboxylic acids is 1. The molecular weight excluding hydrogens is 502 g/mol. The highest BCUT2D eigenvalue weighted by Gasteiger charge is 2.41. The molecular formula is C30H35N9O. The standard InChI is InChI=1S/C30H35N9O/c1-4-30(29(40)35-24-6-5-7-24)10-12-37(13-11-30)26-9-8-21(15-32-26)27-28-22(14-31)16-34-39(28)19-25(36-27)23-17-33-38(18-23)20(2)3/h8-9,15-20,24H,4-7,10-13H2,1-3H3,(H,35,40). The van der Waals surface area contributed by atoms with Gasteiger partial charge in [-0.15, -0.1) is 0 Å². The van der Waals surface area contributed by atoms with Crippen LogP contribution in [0.4, 0.5) is 5.82 Å². The lowest BCUT2D eigenvalue weighted by molar-refractivity contribution is -0.133. The van der Waals surface area contributed by atoms with Crippen LogP contribution in [0.3, 0.4) is 0 Å². The predicted octanol–water partition coefficient (Wildman–Crippen LogP) is 4.77. The Morgan fingerprint density at radius 1 is 1.12 bits per heavy atom. The molecule has 4 aromatic heterocycles. The Bertz CT molecular complexity index is 1560. The second-order valence-corrected chi connectivity index (χ2v) is 11.4. The zero-order valence-electron chi connectivity index (χ0n) is 23.3. The SMILES string of the molecule is CCC1(C(=O)NC2CCC2)CCN(c2ccc(-c3nc(-c4cnn(C(C)C)c4)cn4ncc(C#N)c34)cn2)CC1. The molecule has 10 heteroatoms. The number of amides is 1. The van der Waals surface area contributed by atoms with E-state index >= 15 is 0 Å². The molecule has 1 N–H and O–H groups in total. The number of fused-ring (bicyclic) bond motifs is 1. The summed E-state index contributed by atoms with van der Waals surface area (Å²) in [6.07, 6.45) is 14.9. The maximum Gasteiger partial charge on any atom is 0.226 e. The monoisotopic (exact) mass is 537 g/mol. The highest BCUT2D eigenvalue weighted by Crippen LogP contribution is 2.38. The first-order valence-electron chi connectivity index (χ1n) is 14.3. The van der Waals surface area contributed by atoms with Gasteiger partial charge < -0.3 is 10.2 Å². The number of nitrogens with zero attached hydrogens (tertiary/aromatic N) is 8. The highest BCUT2D eigenvalue weighted by atomic mass is 16.2. The number of carbonyl (C=O) groups is 1. The number of nitriles is 1. The Kier molecular flexibility index (Phi) is 6.74. The van der Waals surface area contributed by atoms with E-state index in [4.69, 9.17) is 9.97 Å². The minimum absolute atomic E-state index is 0.227. The summed E-state index contributed by atoms with van der Waals surface area (Å²) in [5.41, 5.74) is 3.88. The van der Waals surface area contributed by atoms with E-state index in [0.717, 1.165) is 67.8 Å². The van der Waals surface area contributed by atoms with Gasteiger partial charge in [0.1, 0.15) is 23.0 Å². The first-order valence-corrected chi connectivity index (χ1v) is 14.3. The van der Waals surface area contributed by atoms with Crippen LogP contribution in [0.5, 0.6) is 0 Å². The fourth-order valence-electron chi connectivity index (χ4n) is 5.70. The summed E-state index contributed by atoms with van der Waals surface area (Å²) in [4.78, 5) is 25.1. The molecule has 0 atom stereocenters. The first kappa shape index (κ1) is 26.0. The smallest absolute Gasteiger partial charge is 0.226 e. The van der Waals surface area contributed by atoms with Crippen LogP contribution in [-0.2, 0) is 4.79 Å². The number of hydrogen-bond acceptors (Lipinski definition) is 7. The van der Waals surface area contributed by atoms with Gasteiger partial charge in [-0.2, -0.15) is 15.5 Å². The lowest BCUT2D eigenvalue weighted by atomic mass is 9.74. The van der Waals surface area contributed by atoms with Crippen molar-refractivity contribution in [3.8, 4) is 28.6 Å². The summed E-state index contributed by atoms with van der Waals surface area (Å²) >= 11 is 0. The van der Waals surface area contributed by atoms with E-state index in [1.54, 1.807) is 16.9 Å². The summed E-state index contributed by atoms with van der Waals surface area (Å²) in [5.74, 6) is 1.11. The molecule has 1 aliphatic carbocycles. The third-order valence-electron chi connectivity index (χ3n) is 8.71. The fraction of sp³-hybridized carbons (Fsp3) is 0.467. The topological polar surface area (TPSA) is 117 Å². The van der Waals surface area contributed by atoms with E-state index in [1.807, 2.05) is 35.4 Å². The number of anilines is 1. The Morgan fingerprint density at radius 3 is 2.52 bits per heavy atom. The van der Waals surface area contributed by atoms with Crippen LogP contribution in [0.25, 0.3) is 28.0 Å². The van der Waals surface area contributed by atoms with E-state index in [1.165, 1.54) is 6.42 Å². The Balaban J connectivity index is 1.25. The van der Waals surface area contributed by atoms with Gasteiger partial charge in [-0.25, -0.2) is 14.5 Å². The minimum Gasteiger partial charge on any atom is -0.357 e. The summed E-state index contributed by atoms with van der Waals surface area (Å²) in [6.45, 7) is 7.86. The summed E-state index contributed by atoms with van der Waals surface area (Å²) < 4.78 is 3.60. The van der Waals surface area contributed by atoms with Gasteiger partial charge in [-0.05, 0) is 64.5 Å². The second kappa shape index (κ2) is 10.4. The van der Waals surface area contributed by atoms with Gasteiger partial charge in [0, 0.05) is 48.7 Å². The molecule has 0 aromatic carbocycles. The van der Waals surface area contributed by atoms with Gasteiger partial charge in [-0.1, -0.05) is 6.92 Å². The van der Waals surface area contributed by atoms with Gasteiger partial charge in [0.15, 0.2) is 0 Å². The minimum atomic E-state index is -0.291. The molecule has 0 radical (unpaired) electrons. The molecule has 4 aromatic rings. The van der Waals surface area contributed by atoms with Crippen molar-refractivity contribution in [3.63, 3.8) is 0 Å². The molecule has 1 saturated carbocycles. The Labute approximate surface area is 234 Å². The normalized spacial score (nSPS) is 17.1. The van der Waals surface area contributed by atoms with Crippen molar-refractivity contribution in [1.29, 1.82) is 5.26 Å². The first-order chi connectivity index (χ1) is 19.4. The van der Waals surface area contributed by atoms with Crippen LogP contribution in [0, 0.1) is 16.7 Å².